The van der Waals surface area contributed by atoms with E-state index in [2.05, 4.69) is 26.2 Å². The summed E-state index contributed by atoms with van der Waals surface area (Å²) in [5, 5.41) is 5.12. The van der Waals surface area contributed by atoms with Gasteiger partial charge in [-0.2, -0.15) is 0 Å². The average Bonchev–Trinajstić information content (AvgIpc) is 3.19. The number of nitrogens with zero attached hydrogens (tertiary/aromatic N) is 1. The summed E-state index contributed by atoms with van der Waals surface area (Å²) < 4.78 is 6.27. The molecular formula is C27H17BrN2O3S. The Morgan fingerprint density at radius 2 is 1.71 bits per heavy atom. The van der Waals surface area contributed by atoms with E-state index in [0.29, 0.717) is 25.9 Å². The lowest BCUT2D eigenvalue weighted by Crippen LogP contribution is -2.19. The molecule has 0 radical (unpaired) electrons. The van der Waals surface area contributed by atoms with Crippen LogP contribution >= 0.6 is 27.7 Å². The molecular weight excluding hydrogens is 512 g/mol. The Hall–Kier alpha value is -3.68. The molecule has 1 amide bonds. The normalized spacial score (nSPS) is 15.6. The zero-order valence-corrected chi connectivity index (χ0v) is 20.1. The summed E-state index contributed by atoms with van der Waals surface area (Å²) >= 11 is 4.76. The molecule has 1 heterocycles. The van der Waals surface area contributed by atoms with Crippen molar-refractivity contribution < 1.29 is 14.3 Å². The van der Waals surface area contributed by atoms with E-state index < -0.39 is 5.97 Å². The van der Waals surface area contributed by atoms with Crippen molar-refractivity contribution in [3.63, 3.8) is 0 Å². The Balaban J connectivity index is 1.34. The number of nitrogens with one attached hydrogen (secondary N) is 1. The molecule has 5 nitrogen and oxygen atoms in total. The third-order valence-electron chi connectivity index (χ3n) is 5.10. The van der Waals surface area contributed by atoms with Gasteiger partial charge in [0.05, 0.1) is 20.6 Å². The van der Waals surface area contributed by atoms with Crippen molar-refractivity contribution >= 4 is 67.3 Å². The number of carbonyl (C=O) groups is 2. The van der Waals surface area contributed by atoms with E-state index in [4.69, 9.17) is 4.74 Å². The molecule has 1 aliphatic rings. The van der Waals surface area contributed by atoms with Crippen LogP contribution in [0.2, 0.25) is 0 Å². The molecule has 0 spiro atoms. The average molecular weight is 529 g/mol. The van der Waals surface area contributed by atoms with Crippen LogP contribution in [0, 0.1) is 0 Å². The molecule has 0 aromatic heterocycles. The molecule has 1 fully saturated rings. The number of para-hydroxylation sites is 1. The van der Waals surface area contributed by atoms with E-state index in [1.807, 2.05) is 66.7 Å². The fraction of sp³-hybridized carbons (Fsp3) is 0. The van der Waals surface area contributed by atoms with Crippen molar-refractivity contribution in [2.45, 2.75) is 0 Å². The second-order valence-corrected chi connectivity index (χ2v) is 9.31. The van der Waals surface area contributed by atoms with Crippen molar-refractivity contribution in [2.75, 3.05) is 0 Å². The van der Waals surface area contributed by atoms with Crippen molar-refractivity contribution in [3.8, 4) is 5.75 Å². The lowest BCUT2D eigenvalue weighted by Gasteiger charge is -2.09. The predicted molar refractivity (Wildman–Crippen MR) is 140 cm³/mol. The van der Waals surface area contributed by atoms with Gasteiger partial charge in [0, 0.05) is 0 Å². The Morgan fingerprint density at radius 3 is 2.53 bits per heavy atom. The van der Waals surface area contributed by atoms with Crippen molar-refractivity contribution in [1.29, 1.82) is 0 Å². The Morgan fingerprint density at radius 1 is 0.941 bits per heavy atom. The van der Waals surface area contributed by atoms with E-state index in [1.165, 1.54) is 11.8 Å². The number of esters is 1. The lowest BCUT2D eigenvalue weighted by molar-refractivity contribution is -0.115. The van der Waals surface area contributed by atoms with E-state index in [1.54, 1.807) is 30.3 Å². The maximum atomic E-state index is 12.8. The maximum Gasteiger partial charge on any atom is 0.344 e. The molecule has 0 atom stereocenters. The zero-order chi connectivity index (χ0) is 23.5. The standard InChI is InChI=1S/C27H17BrN2O3S/c28-22-15-17(16-24-25(31)30-27(34-24)29-19-9-2-1-3-10-19)13-14-23(22)33-26(32)21-12-6-8-18-7-4-5-11-20(18)21/h1-16H,(H,29,30,31)/b24-16-. The predicted octanol–water partition coefficient (Wildman–Crippen LogP) is 6.71. The summed E-state index contributed by atoms with van der Waals surface area (Å²) in [5.41, 5.74) is 2.06. The minimum Gasteiger partial charge on any atom is -0.422 e. The number of rotatable bonds is 4. The number of amidine groups is 1. The molecule has 166 valence electrons. The van der Waals surface area contributed by atoms with Gasteiger partial charge in [-0.3, -0.25) is 4.79 Å². The summed E-state index contributed by atoms with van der Waals surface area (Å²) in [5.74, 6) is -0.242. The summed E-state index contributed by atoms with van der Waals surface area (Å²) in [6.07, 6.45) is 1.77. The Bertz CT molecular complexity index is 1480. The maximum absolute atomic E-state index is 12.8. The topological polar surface area (TPSA) is 67.8 Å². The van der Waals surface area contributed by atoms with Gasteiger partial charge in [-0.05, 0) is 80.4 Å². The molecule has 7 heteroatoms. The van der Waals surface area contributed by atoms with E-state index in [-0.39, 0.29) is 5.91 Å². The number of hydrogen-bond acceptors (Lipinski definition) is 5. The van der Waals surface area contributed by atoms with Gasteiger partial charge in [-0.25, -0.2) is 9.79 Å². The smallest absolute Gasteiger partial charge is 0.344 e. The second kappa shape index (κ2) is 9.67. The van der Waals surface area contributed by atoms with Crippen LogP contribution in [0.5, 0.6) is 5.75 Å². The van der Waals surface area contributed by atoms with Gasteiger partial charge < -0.3 is 10.1 Å². The van der Waals surface area contributed by atoms with Crippen LogP contribution in [0.15, 0.2) is 105 Å². The fourth-order valence-electron chi connectivity index (χ4n) is 3.50. The van der Waals surface area contributed by atoms with E-state index >= 15 is 0 Å². The molecule has 5 rings (SSSR count). The quantitative estimate of drug-likeness (QED) is 0.181. The molecule has 0 unspecified atom stereocenters. The third kappa shape index (κ3) is 4.81. The number of fused-ring (bicyclic) bond motifs is 1. The first-order chi connectivity index (χ1) is 16.6. The van der Waals surface area contributed by atoms with Gasteiger partial charge in [0.1, 0.15) is 5.75 Å². The Kier molecular flexibility index (Phi) is 6.29. The largest absolute Gasteiger partial charge is 0.422 e. The summed E-state index contributed by atoms with van der Waals surface area (Å²) in [7, 11) is 0. The monoisotopic (exact) mass is 528 g/mol. The number of amides is 1. The highest BCUT2D eigenvalue weighted by Gasteiger charge is 2.24. The van der Waals surface area contributed by atoms with Crippen molar-refractivity contribution in [1.82, 2.24) is 5.32 Å². The van der Waals surface area contributed by atoms with Gasteiger partial charge in [-0.15, -0.1) is 0 Å². The summed E-state index contributed by atoms with van der Waals surface area (Å²) in [4.78, 5) is 30.2. The molecule has 0 saturated carbocycles. The lowest BCUT2D eigenvalue weighted by atomic mass is 10.0. The minimum atomic E-state index is -0.434. The van der Waals surface area contributed by atoms with Crippen molar-refractivity contribution in [3.05, 3.63) is 112 Å². The highest BCUT2D eigenvalue weighted by molar-refractivity contribution is 9.10. The van der Waals surface area contributed by atoms with Crippen molar-refractivity contribution in [2.24, 2.45) is 4.99 Å². The molecule has 4 aromatic rings. The van der Waals surface area contributed by atoms with Crippen LogP contribution in [-0.2, 0) is 4.79 Å². The SMILES string of the molecule is O=C1NC(=Nc2ccccc2)S/C1=C\c1ccc(OC(=O)c2cccc3ccccc23)c(Br)c1. The third-order valence-corrected chi connectivity index (χ3v) is 6.63. The number of hydrogen-bond donors (Lipinski definition) is 1. The van der Waals surface area contributed by atoms with Crippen LogP contribution in [0.25, 0.3) is 16.8 Å². The molecule has 1 N–H and O–H groups in total. The van der Waals surface area contributed by atoms with Gasteiger partial charge in [0.2, 0.25) is 0 Å². The van der Waals surface area contributed by atoms with Crippen LogP contribution in [-0.4, -0.2) is 17.0 Å². The number of carbonyl (C=O) groups excluding carboxylic acids is 2. The van der Waals surface area contributed by atoms with E-state index in [9.17, 15) is 9.59 Å². The number of thioether (sulfide) groups is 1. The zero-order valence-electron chi connectivity index (χ0n) is 17.7. The summed E-state index contributed by atoms with van der Waals surface area (Å²) in [6, 6.07) is 28.0. The van der Waals surface area contributed by atoms with Gasteiger partial charge in [-0.1, -0.05) is 60.7 Å². The minimum absolute atomic E-state index is 0.206. The molecule has 0 bridgehead atoms. The van der Waals surface area contributed by atoms with E-state index in [0.717, 1.165) is 22.0 Å². The first-order valence-electron chi connectivity index (χ1n) is 10.4. The second-order valence-electron chi connectivity index (χ2n) is 7.42. The molecule has 1 aliphatic heterocycles. The molecule has 34 heavy (non-hydrogen) atoms. The number of benzene rings is 4. The first kappa shape index (κ1) is 22.1. The van der Waals surface area contributed by atoms with Crippen LogP contribution < -0.4 is 10.1 Å². The van der Waals surface area contributed by atoms with Gasteiger partial charge in [0.25, 0.3) is 5.91 Å². The van der Waals surface area contributed by atoms with Gasteiger partial charge in [0.15, 0.2) is 5.17 Å². The first-order valence-corrected chi connectivity index (χ1v) is 12.0. The Labute approximate surface area is 208 Å². The van der Waals surface area contributed by atoms with Gasteiger partial charge >= 0.3 is 5.97 Å². The van der Waals surface area contributed by atoms with Crippen LogP contribution in [0.4, 0.5) is 5.69 Å². The number of aliphatic imine (C=N–C) groups is 1. The number of halogens is 1. The highest BCUT2D eigenvalue weighted by atomic mass is 79.9. The fourth-order valence-corrected chi connectivity index (χ4v) is 4.82. The molecule has 1 saturated heterocycles. The molecule has 4 aromatic carbocycles. The highest BCUT2D eigenvalue weighted by Crippen LogP contribution is 2.32. The summed E-state index contributed by atoms with van der Waals surface area (Å²) in [6.45, 7) is 0. The molecule has 0 aliphatic carbocycles. The van der Waals surface area contributed by atoms with Crippen LogP contribution in [0.3, 0.4) is 0 Å². The number of ether oxygens (including phenoxy) is 1. The van der Waals surface area contributed by atoms with Crippen LogP contribution in [0.1, 0.15) is 15.9 Å².